The van der Waals surface area contributed by atoms with E-state index in [2.05, 4.69) is 15.9 Å². The lowest BCUT2D eigenvalue weighted by atomic mass is 9.87. The van der Waals surface area contributed by atoms with Gasteiger partial charge in [0.2, 0.25) is 0 Å². The van der Waals surface area contributed by atoms with E-state index in [1.807, 2.05) is 0 Å². The van der Waals surface area contributed by atoms with Crippen LogP contribution in [0.25, 0.3) is 0 Å². The molecule has 0 fully saturated rings. The predicted octanol–water partition coefficient (Wildman–Crippen LogP) is 3.44. The largest absolute Gasteiger partial charge is 0.469 e. The molecule has 0 aliphatic rings. The summed E-state index contributed by atoms with van der Waals surface area (Å²) in [4.78, 5) is 35.0. The fraction of sp³-hybridized carbons (Fsp3) is 0.222. The van der Waals surface area contributed by atoms with Gasteiger partial charge in [0.05, 0.1) is 11.9 Å². The van der Waals surface area contributed by atoms with Crippen LogP contribution in [0.1, 0.15) is 22.0 Å². The number of nitrogens with zero attached hydrogens (tertiary/aromatic N) is 1. The molecule has 0 bridgehead atoms. The van der Waals surface area contributed by atoms with Gasteiger partial charge < -0.3 is 4.74 Å². The molecular formula is C18H16BrNO5. The molecule has 0 N–H and O–H groups in total. The molecule has 2 rings (SSSR count). The summed E-state index contributed by atoms with van der Waals surface area (Å²) in [5.74, 6) is -2.55. The van der Waals surface area contributed by atoms with Gasteiger partial charge in [-0.15, -0.1) is 0 Å². The second kappa shape index (κ2) is 8.53. The van der Waals surface area contributed by atoms with Crippen molar-refractivity contribution in [3.05, 3.63) is 81.9 Å². The van der Waals surface area contributed by atoms with Gasteiger partial charge in [-0.25, -0.2) is 0 Å². The Labute approximate surface area is 153 Å². The summed E-state index contributed by atoms with van der Waals surface area (Å²) in [5, 5.41) is 11.7. The van der Waals surface area contributed by atoms with E-state index in [0.29, 0.717) is 11.1 Å². The van der Waals surface area contributed by atoms with E-state index in [1.54, 1.807) is 60.7 Å². The van der Waals surface area contributed by atoms with Crippen LogP contribution in [0.2, 0.25) is 0 Å². The maximum atomic E-state index is 12.7. The Morgan fingerprint density at radius 1 is 1.04 bits per heavy atom. The average Bonchev–Trinajstić information content (AvgIpc) is 2.65. The van der Waals surface area contributed by atoms with E-state index in [0.717, 1.165) is 7.11 Å². The number of rotatable bonds is 7. The van der Waals surface area contributed by atoms with Gasteiger partial charge in [0, 0.05) is 16.1 Å². The van der Waals surface area contributed by atoms with Crippen molar-refractivity contribution < 1.29 is 19.2 Å². The molecule has 2 aromatic rings. The van der Waals surface area contributed by atoms with E-state index in [1.165, 1.54) is 0 Å². The van der Waals surface area contributed by atoms with E-state index >= 15 is 0 Å². The molecule has 0 aromatic heterocycles. The minimum Gasteiger partial charge on any atom is -0.469 e. The second-order valence-electron chi connectivity index (χ2n) is 5.32. The summed E-state index contributed by atoms with van der Waals surface area (Å²) in [6.07, 6.45) is 0. The quantitative estimate of drug-likeness (QED) is 0.231. The summed E-state index contributed by atoms with van der Waals surface area (Å²) in [5.41, 5.74) is 0.682. The summed E-state index contributed by atoms with van der Waals surface area (Å²) in [7, 11) is 1.14. The summed E-state index contributed by atoms with van der Waals surface area (Å²) in [6, 6.07) is 15.0. The fourth-order valence-electron chi connectivity index (χ4n) is 2.58. The van der Waals surface area contributed by atoms with Gasteiger partial charge >= 0.3 is 5.97 Å². The topological polar surface area (TPSA) is 86.5 Å². The highest BCUT2D eigenvalue weighted by molar-refractivity contribution is 9.10. The number of carbonyl (C=O) groups excluding carboxylic acids is 2. The van der Waals surface area contributed by atoms with Crippen molar-refractivity contribution >= 4 is 27.7 Å². The summed E-state index contributed by atoms with van der Waals surface area (Å²) in [6.45, 7) is 0. The average molecular weight is 406 g/mol. The SMILES string of the molecule is COC(=O)C(C(Br)C(=O)c1ccccc1)C(c1ccccc1)[N+](=O)[O-]. The molecule has 0 amide bonds. The van der Waals surface area contributed by atoms with Gasteiger partial charge in [0.15, 0.2) is 5.78 Å². The van der Waals surface area contributed by atoms with Crippen molar-refractivity contribution in [1.29, 1.82) is 0 Å². The van der Waals surface area contributed by atoms with Crippen molar-refractivity contribution in [2.45, 2.75) is 10.9 Å². The standard InChI is InChI=1S/C18H16BrNO5/c1-25-18(22)14(15(19)17(21)13-10-6-3-7-11-13)16(20(23)24)12-8-4-2-5-9-12/h2-11,14-16H,1H3. The van der Waals surface area contributed by atoms with E-state index in [9.17, 15) is 19.7 Å². The van der Waals surface area contributed by atoms with Crippen LogP contribution >= 0.6 is 15.9 Å². The number of hydrogen-bond acceptors (Lipinski definition) is 5. The van der Waals surface area contributed by atoms with Crippen LogP contribution in [-0.4, -0.2) is 28.6 Å². The van der Waals surface area contributed by atoms with Gasteiger partial charge in [0.1, 0.15) is 5.92 Å². The van der Waals surface area contributed by atoms with E-state index in [-0.39, 0.29) is 0 Å². The van der Waals surface area contributed by atoms with Gasteiger partial charge in [-0.3, -0.25) is 19.7 Å². The number of benzene rings is 2. The summed E-state index contributed by atoms with van der Waals surface area (Å²) < 4.78 is 4.75. The molecule has 3 unspecified atom stereocenters. The van der Waals surface area contributed by atoms with Crippen molar-refractivity contribution in [2.24, 2.45) is 5.92 Å². The first kappa shape index (κ1) is 18.8. The fourth-order valence-corrected chi connectivity index (χ4v) is 3.35. The Balaban J connectivity index is 2.45. The van der Waals surface area contributed by atoms with E-state index in [4.69, 9.17) is 4.74 Å². The Bertz CT molecular complexity index is 751. The lowest BCUT2D eigenvalue weighted by Crippen LogP contribution is -2.39. The van der Waals surface area contributed by atoms with Crippen molar-refractivity contribution in [2.75, 3.05) is 7.11 Å². The molecule has 0 saturated heterocycles. The van der Waals surface area contributed by atoms with Crippen LogP contribution in [0, 0.1) is 16.0 Å². The summed E-state index contributed by atoms with van der Waals surface area (Å²) >= 11 is 3.20. The third-order valence-electron chi connectivity index (χ3n) is 3.81. The molecule has 3 atom stereocenters. The minimum atomic E-state index is -1.41. The molecule has 6 nitrogen and oxygen atoms in total. The molecule has 0 radical (unpaired) electrons. The zero-order valence-corrected chi connectivity index (χ0v) is 15.0. The molecule has 2 aromatic carbocycles. The molecule has 0 spiro atoms. The zero-order chi connectivity index (χ0) is 18.4. The Morgan fingerprint density at radius 3 is 2.04 bits per heavy atom. The number of methoxy groups -OCH3 is 1. The Hall–Kier alpha value is -2.54. The number of halogens is 1. The molecule has 0 heterocycles. The van der Waals surface area contributed by atoms with Crippen LogP contribution in [0.4, 0.5) is 0 Å². The van der Waals surface area contributed by atoms with Crippen LogP contribution in [-0.2, 0) is 9.53 Å². The molecule has 25 heavy (non-hydrogen) atoms. The molecule has 130 valence electrons. The number of ether oxygens (including phenoxy) is 1. The van der Waals surface area contributed by atoms with Crippen molar-refractivity contribution in [3.63, 3.8) is 0 Å². The lowest BCUT2D eigenvalue weighted by molar-refractivity contribution is -0.536. The number of nitro groups is 1. The van der Waals surface area contributed by atoms with Gasteiger partial charge in [0.25, 0.3) is 6.04 Å². The van der Waals surface area contributed by atoms with E-state index < -0.39 is 33.5 Å². The van der Waals surface area contributed by atoms with Gasteiger partial charge in [-0.1, -0.05) is 76.6 Å². The number of ketones is 1. The molecule has 0 saturated carbocycles. The zero-order valence-electron chi connectivity index (χ0n) is 13.4. The number of alkyl halides is 1. The Morgan fingerprint density at radius 2 is 1.56 bits per heavy atom. The van der Waals surface area contributed by atoms with Crippen LogP contribution in [0.3, 0.4) is 0 Å². The number of esters is 1. The first-order chi connectivity index (χ1) is 12.0. The minimum absolute atomic E-state index is 0.327. The van der Waals surface area contributed by atoms with Crippen LogP contribution in [0.15, 0.2) is 60.7 Å². The van der Waals surface area contributed by atoms with Gasteiger partial charge in [-0.2, -0.15) is 0 Å². The maximum absolute atomic E-state index is 12.7. The highest BCUT2D eigenvalue weighted by Crippen LogP contribution is 2.34. The predicted molar refractivity (Wildman–Crippen MR) is 95.2 cm³/mol. The first-order valence-electron chi connectivity index (χ1n) is 7.47. The Kier molecular flexibility index (Phi) is 6.41. The third kappa shape index (κ3) is 4.30. The normalized spacial score (nSPS) is 14.2. The first-order valence-corrected chi connectivity index (χ1v) is 8.38. The molecule has 0 aliphatic carbocycles. The van der Waals surface area contributed by atoms with Crippen LogP contribution < -0.4 is 0 Å². The lowest BCUT2D eigenvalue weighted by Gasteiger charge is -2.23. The van der Waals surface area contributed by atoms with Crippen molar-refractivity contribution in [3.8, 4) is 0 Å². The monoisotopic (exact) mass is 405 g/mol. The molecule has 7 heteroatoms. The maximum Gasteiger partial charge on any atom is 0.317 e. The third-order valence-corrected chi connectivity index (χ3v) is 4.79. The van der Waals surface area contributed by atoms with Crippen molar-refractivity contribution in [1.82, 2.24) is 0 Å². The van der Waals surface area contributed by atoms with Crippen LogP contribution in [0.5, 0.6) is 0 Å². The highest BCUT2D eigenvalue weighted by Gasteiger charge is 2.46. The smallest absolute Gasteiger partial charge is 0.317 e. The highest BCUT2D eigenvalue weighted by atomic mass is 79.9. The molecular weight excluding hydrogens is 390 g/mol. The molecule has 0 aliphatic heterocycles. The van der Waals surface area contributed by atoms with Gasteiger partial charge in [-0.05, 0) is 0 Å². The number of hydrogen-bond donors (Lipinski definition) is 0. The number of carbonyl (C=O) groups is 2. The second-order valence-corrected chi connectivity index (χ2v) is 6.31. The number of Topliss-reactive ketones (excluding diaryl/α,β-unsaturated/α-hetero) is 1.